The van der Waals surface area contributed by atoms with Crippen LogP contribution in [-0.2, 0) is 0 Å². The maximum Gasteiger partial charge on any atom is 0.148 e. The number of nitrogens with zero attached hydrogens (tertiary/aromatic N) is 2. The van der Waals surface area contributed by atoms with Crippen molar-refractivity contribution < 1.29 is 22.5 Å². The van der Waals surface area contributed by atoms with Gasteiger partial charge in [0.25, 0.3) is 0 Å². The first-order valence-electron chi connectivity index (χ1n) is 35.3. The quantitative estimate of drug-likeness (QED) is 0.100. The molecule has 434 valence electrons. The Morgan fingerprint density at radius 2 is 0.500 bits per heavy atom. The summed E-state index contributed by atoms with van der Waals surface area (Å²) in [5.41, 5.74) is 11.5. The molecule has 16 aromatic carbocycles. The topological polar surface area (TPSA) is 6.48 Å². The average Bonchev–Trinajstić information content (AvgIpc) is 0.709. The maximum absolute atomic E-state index is 18.8. The molecular weight excluding hydrogens is 1120 g/mol. The summed E-state index contributed by atoms with van der Waals surface area (Å²) in [4.78, 5) is 2.87. The van der Waals surface area contributed by atoms with Gasteiger partial charge in [-0.25, -0.2) is 8.78 Å². The fourth-order valence-corrected chi connectivity index (χ4v) is 12.9. The smallest absolute Gasteiger partial charge is 0.148 e. The van der Waals surface area contributed by atoms with Crippen LogP contribution in [0.25, 0.3) is 121 Å². The van der Waals surface area contributed by atoms with Gasteiger partial charge >= 0.3 is 0 Å². The number of hydrogen-bond donors (Lipinski definition) is 0. The molecular formula is C88H58F2N2. The molecule has 2 nitrogen and oxygen atoms in total. The minimum absolute atomic E-state index is 0.107. The van der Waals surface area contributed by atoms with Crippen molar-refractivity contribution in [2.24, 2.45) is 0 Å². The molecule has 0 aliphatic rings. The Labute approximate surface area is 548 Å². The van der Waals surface area contributed by atoms with Gasteiger partial charge < -0.3 is 9.80 Å². The predicted molar refractivity (Wildman–Crippen MR) is 383 cm³/mol. The van der Waals surface area contributed by atoms with Gasteiger partial charge in [0.2, 0.25) is 0 Å². The summed E-state index contributed by atoms with van der Waals surface area (Å²) in [6.07, 6.45) is 0. The van der Waals surface area contributed by atoms with Crippen LogP contribution in [0.2, 0.25) is 0 Å². The van der Waals surface area contributed by atoms with Gasteiger partial charge in [0.1, 0.15) is 11.6 Å². The van der Waals surface area contributed by atoms with E-state index in [1.165, 1.54) is 21.9 Å². The lowest BCUT2D eigenvalue weighted by molar-refractivity contribution is 0.629. The standard InChI is InChI=1S/C88H58F2N2/c89-81-57-73(67-35-31-63(32-36-67)59-19-7-1-8-20-59)55-79(69-43-39-65(40-44-69)61-23-11-3-12-24-61)87(81)91(75-27-15-5-16-28-75)83-53-49-71-48-52-78-84(54-50-72-47-51-77(83)85(71)86(72)78)92(76-29-17-6-18-30-76)88-80(70-45-41-66(42-46-70)62-25-13-4-14-26-62)56-74(58-82(88)90)68-37-33-64(34-38-68)60-21-9-2-10-22-60/h1-58H/i5D,6D,15D,16D,17D,18D,27D,28D,29D,30D. The highest BCUT2D eigenvalue weighted by atomic mass is 19.1. The summed E-state index contributed by atoms with van der Waals surface area (Å²) in [7, 11) is 0. The van der Waals surface area contributed by atoms with Gasteiger partial charge in [-0.15, -0.1) is 0 Å². The van der Waals surface area contributed by atoms with Crippen molar-refractivity contribution in [2.75, 3.05) is 9.80 Å². The molecule has 0 N–H and O–H groups in total. The van der Waals surface area contributed by atoms with E-state index in [2.05, 4.69) is 0 Å². The van der Waals surface area contributed by atoms with Crippen molar-refractivity contribution in [1.29, 1.82) is 0 Å². The summed E-state index contributed by atoms with van der Waals surface area (Å²) in [6.45, 7) is 0. The predicted octanol–water partition coefficient (Wildman–Crippen LogP) is 25.1. The van der Waals surface area contributed by atoms with Gasteiger partial charge in [-0.05, 0) is 160 Å². The molecule has 0 atom stereocenters. The number of hydrogen-bond acceptors (Lipinski definition) is 2. The number of halogens is 2. The molecule has 0 aromatic heterocycles. The van der Waals surface area contributed by atoms with Crippen molar-refractivity contribution in [2.45, 2.75) is 0 Å². The van der Waals surface area contributed by atoms with E-state index in [4.69, 9.17) is 2.74 Å². The molecule has 0 unspecified atom stereocenters. The Balaban J connectivity index is 0.949. The van der Waals surface area contributed by atoms with Crippen molar-refractivity contribution in [3.63, 3.8) is 0 Å². The first kappa shape index (κ1) is 45.3. The Bertz CT molecular complexity index is 5500. The van der Waals surface area contributed by atoms with Crippen LogP contribution in [-0.4, -0.2) is 0 Å². The highest BCUT2D eigenvalue weighted by Gasteiger charge is 2.29. The largest absolute Gasteiger partial charge is 0.307 e. The third-order valence-electron chi connectivity index (χ3n) is 17.4. The fourth-order valence-electron chi connectivity index (χ4n) is 12.9. The zero-order valence-electron chi connectivity index (χ0n) is 59.4. The summed E-state index contributed by atoms with van der Waals surface area (Å²) in [5, 5.41) is 3.44. The van der Waals surface area contributed by atoms with Gasteiger partial charge in [-0.2, -0.15) is 0 Å². The zero-order valence-corrected chi connectivity index (χ0v) is 49.4. The first-order valence-corrected chi connectivity index (χ1v) is 30.3. The Morgan fingerprint density at radius 3 is 0.804 bits per heavy atom. The third-order valence-corrected chi connectivity index (χ3v) is 17.4. The van der Waals surface area contributed by atoms with E-state index >= 15 is 8.78 Å². The average molecular weight is 1190 g/mol. The molecule has 0 aliphatic heterocycles. The molecule has 16 aromatic rings. The third kappa shape index (κ3) is 10.3. The summed E-state index contributed by atoms with van der Waals surface area (Å²) in [6, 6.07) is 85.4. The molecule has 16 rings (SSSR count). The van der Waals surface area contributed by atoms with E-state index in [-0.39, 0.29) is 34.1 Å². The van der Waals surface area contributed by atoms with Gasteiger partial charge in [-0.3, -0.25) is 0 Å². The summed E-state index contributed by atoms with van der Waals surface area (Å²) < 4.78 is 131. The van der Waals surface area contributed by atoms with Gasteiger partial charge in [-0.1, -0.05) is 291 Å². The number of para-hydroxylation sites is 2. The molecule has 0 bridgehead atoms. The van der Waals surface area contributed by atoms with Crippen molar-refractivity contribution in [1.82, 2.24) is 0 Å². The lowest BCUT2D eigenvalue weighted by Gasteiger charge is -2.31. The molecule has 0 saturated heterocycles. The van der Waals surface area contributed by atoms with E-state index in [0.717, 1.165) is 44.5 Å². The molecule has 0 fully saturated rings. The van der Waals surface area contributed by atoms with E-state index in [0.29, 0.717) is 76.8 Å². The van der Waals surface area contributed by atoms with Gasteiger partial charge in [0.15, 0.2) is 0 Å². The summed E-state index contributed by atoms with van der Waals surface area (Å²) >= 11 is 0. The first-order chi connectivity index (χ1) is 49.6. The van der Waals surface area contributed by atoms with E-state index in [9.17, 15) is 11.0 Å². The molecule has 0 spiro atoms. The van der Waals surface area contributed by atoms with Crippen LogP contribution in [0.1, 0.15) is 13.7 Å². The highest BCUT2D eigenvalue weighted by molar-refractivity contribution is 6.28. The van der Waals surface area contributed by atoms with E-state index in [1.54, 1.807) is 12.1 Å². The molecule has 4 heteroatoms. The highest BCUT2D eigenvalue weighted by Crippen LogP contribution is 2.52. The Morgan fingerprint density at radius 1 is 0.239 bits per heavy atom. The Hall–Kier alpha value is -12.0. The Kier molecular flexibility index (Phi) is 11.7. The van der Waals surface area contributed by atoms with Crippen LogP contribution in [0.3, 0.4) is 0 Å². The van der Waals surface area contributed by atoms with Crippen LogP contribution < -0.4 is 9.80 Å². The number of anilines is 6. The SMILES string of the molecule is [2H]c1c([2H])c([2H])c(N(c2c(F)cc(-c3ccc(-c4ccccc4)cc3)cc2-c2ccc(-c3ccccc3)cc2)c2ccc3ccc4c(N(c5c(F)cc(-c6ccc(-c7ccccc7)cc6)cc5-c5ccc(-c6ccccc6)cc5)c5c([2H])c([2H])c([2H])c([2H])c5[2H])ccc5ccc2c3c54)c([2H])c1[2H]. The van der Waals surface area contributed by atoms with Crippen molar-refractivity contribution in [3.8, 4) is 89.0 Å². The number of benzene rings is 16. The second-order valence-corrected chi connectivity index (χ2v) is 22.7. The maximum atomic E-state index is 18.8. The van der Waals surface area contributed by atoms with E-state index in [1.807, 2.05) is 267 Å². The molecule has 92 heavy (non-hydrogen) atoms. The molecule has 0 amide bonds. The normalized spacial score (nSPS) is 12.9. The summed E-state index contributed by atoms with van der Waals surface area (Å²) in [5.74, 6) is -1.53. The minimum atomic E-state index is -0.765. The van der Waals surface area contributed by atoms with Crippen LogP contribution in [0.5, 0.6) is 0 Å². The van der Waals surface area contributed by atoms with Gasteiger partial charge in [0.05, 0.1) is 36.5 Å². The molecule has 0 heterocycles. The van der Waals surface area contributed by atoms with Crippen LogP contribution in [0.4, 0.5) is 42.9 Å². The van der Waals surface area contributed by atoms with E-state index < -0.39 is 72.1 Å². The second-order valence-electron chi connectivity index (χ2n) is 22.7. The minimum Gasteiger partial charge on any atom is -0.307 e. The van der Waals surface area contributed by atoms with Crippen molar-refractivity contribution in [3.05, 3.63) is 363 Å². The van der Waals surface area contributed by atoms with Crippen LogP contribution in [0, 0.1) is 11.6 Å². The molecule has 0 aliphatic carbocycles. The lowest BCUT2D eigenvalue weighted by Crippen LogP contribution is -2.14. The van der Waals surface area contributed by atoms with Crippen LogP contribution in [0.15, 0.2) is 352 Å². The second kappa shape index (κ2) is 23.8. The van der Waals surface area contributed by atoms with Crippen LogP contribution >= 0.6 is 0 Å². The molecule has 0 radical (unpaired) electrons. The van der Waals surface area contributed by atoms with Gasteiger partial charge in [0, 0.05) is 33.3 Å². The lowest BCUT2D eigenvalue weighted by atomic mass is 9.90. The number of rotatable bonds is 14. The van der Waals surface area contributed by atoms with Crippen molar-refractivity contribution >= 4 is 66.4 Å². The monoisotopic (exact) mass is 1190 g/mol. The molecule has 0 saturated carbocycles. The fraction of sp³-hybridized carbons (Fsp3) is 0. The zero-order chi connectivity index (χ0) is 70.2.